The molecular weight excluding hydrogens is 975 g/mol. The van der Waals surface area contributed by atoms with Crippen molar-refractivity contribution in [3.05, 3.63) is 259 Å². The maximum absolute atomic E-state index is 11.7. The number of benzene rings is 11. The number of fused-ring (bicyclic) bond motifs is 16. The highest BCUT2D eigenvalue weighted by atomic mass is 15.1. The van der Waals surface area contributed by atoms with E-state index in [2.05, 4.69) is 260 Å². The van der Waals surface area contributed by atoms with Gasteiger partial charge in [-0.15, -0.1) is 0 Å². The minimum Gasteiger partial charge on any atom is -0.309 e. The molecule has 0 spiro atoms. The summed E-state index contributed by atoms with van der Waals surface area (Å²) in [5, 5.41) is 35.4. The molecule has 7 heteroatoms. The maximum Gasteiger partial charge on any atom is 0.101 e. The second-order valence-corrected chi connectivity index (χ2v) is 20.6. The van der Waals surface area contributed by atoms with E-state index in [1.54, 1.807) is 0 Å². The fourth-order valence-corrected chi connectivity index (χ4v) is 13.4. The minimum absolute atomic E-state index is 0.433. The zero-order valence-corrected chi connectivity index (χ0v) is 43.4. The summed E-state index contributed by atoms with van der Waals surface area (Å²) in [5.41, 5.74) is 16.4. The summed E-state index contributed by atoms with van der Waals surface area (Å²) in [7, 11) is 0. The van der Waals surface area contributed by atoms with E-state index in [9.17, 15) is 10.5 Å². The third-order valence-electron chi connectivity index (χ3n) is 16.6. The fourth-order valence-electron chi connectivity index (χ4n) is 13.4. The van der Waals surface area contributed by atoms with Crippen LogP contribution in [0.15, 0.2) is 237 Å². The van der Waals surface area contributed by atoms with E-state index in [4.69, 9.17) is 0 Å². The number of hydrogen-bond donors (Lipinski definition) is 0. The lowest BCUT2D eigenvalue weighted by Gasteiger charge is -2.17. The van der Waals surface area contributed by atoms with Crippen molar-refractivity contribution < 1.29 is 0 Å². The van der Waals surface area contributed by atoms with Crippen molar-refractivity contribution in [2.24, 2.45) is 0 Å². The molecule has 5 aromatic heterocycles. The lowest BCUT2D eigenvalue weighted by Crippen LogP contribution is -2.05. The average molecular weight is 1020 g/mol. The molecule has 0 radical (unpaired) electrons. The van der Waals surface area contributed by atoms with Gasteiger partial charge in [-0.05, 0) is 115 Å². The molecule has 0 aliphatic rings. The molecule has 16 rings (SSSR count). The van der Waals surface area contributed by atoms with E-state index in [1.165, 1.54) is 10.8 Å². The highest BCUT2D eigenvalue weighted by molar-refractivity contribution is 6.25. The number of rotatable bonds is 7. The van der Waals surface area contributed by atoms with Crippen molar-refractivity contribution in [1.29, 1.82) is 10.5 Å². The van der Waals surface area contributed by atoms with Crippen molar-refractivity contribution >= 4 is 121 Å². The van der Waals surface area contributed by atoms with Crippen LogP contribution in [0.1, 0.15) is 29.3 Å². The Morgan fingerprint density at radius 2 is 0.838 bits per heavy atom. The average Bonchev–Trinajstić information content (AvgIpc) is 4.42. The molecule has 7 nitrogen and oxygen atoms in total. The van der Waals surface area contributed by atoms with Crippen LogP contribution in [0.5, 0.6) is 0 Å². The zero-order chi connectivity index (χ0) is 53.3. The van der Waals surface area contributed by atoms with Crippen LogP contribution in [0.3, 0.4) is 0 Å². The van der Waals surface area contributed by atoms with E-state index in [1.807, 2.05) is 31.2 Å². The first kappa shape index (κ1) is 45.1. The molecule has 80 heavy (non-hydrogen) atoms. The van der Waals surface area contributed by atoms with Crippen LogP contribution in [-0.4, -0.2) is 22.8 Å². The predicted octanol–water partition coefficient (Wildman–Crippen LogP) is 18.6. The molecule has 0 fully saturated rings. The molecule has 0 saturated carbocycles. The lowest BCUT2D eigenvalue weighted by molar-refractivity contribution is 1.10. The monoisotopic (exact) mass is 1020 g/mol. The maximum atomic E-state index is 11.7. The lowest BCUT2D eigenvalue weighted by atomic mass is 10.0. The first-order valence-corrected chi connectivity index (χ1v) is 26.9. The number of para-hydroxylation sites is 5. The second kappa shape index (κ2) is 17.2. The molecule has 11 aromatic carbocycles. The normalized spacial score (nSPS) is 12.0. The van der Waals surface area contributed by atoms with Crippen molar-refractivity contribution in [3.63, 3.8) is 0 Å². The molecule has 5 heterocycles. The molecule has 0 saturated heterocycles. The van der Waals surface area contributed by atoms with Crippen molar-refractivity contribution in [2.75, 3.05) is 0 Å². The van der Waals surface area contributed by atoms with Gasteiger partial charge in [-0.3, -0.25) is 0 Å². The highest BCUT2D eigenvalue weighted by Gasteiger charge is 2.27. The van der Waals surface area contributed by atoms with E-state index in [0.717, 1.165) is 126 Å². The van der Waals surface area contributed by atoms with Gasteiger partial charge in [-0.25, -0.2) is 0 Å². The molecule has 372 valence electrons. The Balaban J connectivity index is 1.00. The van der Waals surface area contributed by atoms with Gasteiger partial charge < -0.3 is 22.8 Å². The summed E-state index contributed by atoms with van der Waals surface area (Å²) < 4.78 is 11.5. The molecule has 0 amide bonds. The minimum atomic E-state index is 0.433. The van der Waals surface area contributed by atoms with E-state index in [-0.39, 0.29) is 0 Å². The van der Waals surface area contributed by atoms with Crippen LogP contribution in [0.4, 0.5) is 0 Å². The Hall–Kier alpha value is -11.1. The highest BCUT2D eigenvalue weighted by Crippen LogP contribution is 2.46. The number of hydrogen-bond acceptors (Lipinski definition) is 2. The third kappa shape index (κ3) is 6.17. The third-order valence-corrected chi connectivity index (χ3v) is 16.6. The van der Waals surface area contributed by atoms with Crippen molar-refractivity contribution in [3.8, 4) is 40.6 Å². The molecule has 0 aliphatic heterocycles. The van der Waals surface area contributed by atoms with Crippen LogP contribution < -0.4 is 0 Å². The SMILES string of the molecule is C=Cc1c(/C=C\C)n(-c2ccc3c(c2)c2c4ccccc4ccc2n3-c2cc(C#N)c(-n3c4ccc(-n5c6ccccc6c6ccccc65)cc4c4ccc5c6ccccc6n(-c6ccccc6)c5c43)cc2C#N)c2ccccc12. The van der Waals surface area contributed by atoms with Crippen molar-refractivity contribution in [2.45, 2.75) is 6.92 Å². The Labute approximate surface area is 459 Å². The Morgan fingerprint density at radius 1 is 0.362 bits per heavy atom. The van der Waals surface area contributed by atoms with Gasteiger partial charge in [0.05, 0.1) is 77.8 Å². The van der Waals surface area contributed by atoms with Crippen LogP contribution >= 0.6 is 0 Å². The van der Waals surface area contributed by atoms with Crippen LogP contribution in [0.2, 0.25) is 0 Å². The summed E-state index contributed by atoms with van der Waals surface area (Å²) >= 11 is 0. The standard InChI is InChI=1S/C73H45N7/c1-3-18-61-51(4-2)53-23-10-14-27-62(53)76(61)50-33-38-67-60(42-50)71-52-22-9-8-19-45(52)31-36-68(71)79(67)69-39-47(44-75)70(40-46(69)43-74)80-66-37-32-49(77-63-28-15-11-24-54(63)55-25-12-16-29-64(55)77)41-59(66)58-35-34-57-56-26-13-17-30-65(56)78(72(57)73(58)80)48-20-6-5-7-21-48/h3-42H,2H2,1H3/b18-3-. The number of nitrogens with zero attached hydrogens (tertiary/aromatic N) is 7. The smallest absolute Gasteiger partial charge is 0.101 e. The van der Waals surface area contributed by atoms with Crippen LogP contribution in [0.25, 0.3) is 149 Å². The van der Waals surface area contributed by atoms with Crippen molar-refractivity contribution in [1.82, 2.24) is 22.8 Å². The van der Waals surface area contributed by atoms with Gasteiger partial charge in [0.25, 0.3) is 0 Å². The fraction of sp³-hybridized carbons (Fsp3) is 0.0137. The van der Waals surface area contributed by atoms with Gasteiger partial charge in [0.1, 0.15) is 12.1 Å². The second-order valence-electron chi connectivity index (χ2n) is 20.6. The van der Waals surface area contributed by atoms with E-state index < -0.39 is 0 Å². The van der Waals surface area contributed by atoms with Gasteiger partial charge in [0.15, 0.2) is 0 Å². The molecule has 0 bridgehead atoms. The summed E-state index contributed by atoms with van der Waals surface area (Å²) in [6, 6.07) is 84.6. The summed E-state index contributed by atoms with van der Waals surface area (Å²) in [6.07, 6.45) is 6.17. The summed E-state index contributed by atoms with van der Waals surface area (Å²) in [5.74, 6) is 0. The molecule has 0 atom stereocenters. The van der Waals surface area contributed by atoms with E-state index in [0.29, 0.717) is 22.5 Å². The first-order chi connectivity index (χ1) is 39.6. The quantitative estimate of drug-likeness (QED) is 0.160. The van der Waals surface area contributed by atoms with Crippen LogP contribution in [0, 0.1) is 22.7 Å². The summed E-state index contributed by atoms with van der Waals surface area (Å²) in [6.45, 7) is 6.28. The molecule has 0 N–H and O–H groups in total. The number of nitriles is 2. The zero-order valence-electron chi connectivity index (χ0n) is 43.4. The Morgan fingerprint density at radius 3 is 1.48 bits per heavy atom. The van der Waals surface area contributed by atoms with Gasteiger partial charge in [-0.1, -0.05) is 152 Å². The first-order valence-electron chi connectivity index (χ1n) is 26.9. The Kier molecular flexibility index (Phi) is 9.70. The van der Waals surface area contributed by atoms with Gasteiger partial charge in [0.2, 0.25) is 0 Å². The predicted molar refractivity (Wildman–Crippen MR) is 332 cm³/mol. The van der Waals surface area contributed by atoms with E-state index >= 15 is 0 Å². The molecular formula is C73H45N7. The van der Waals surface area contributed by atoms with Crippen LogP contribution in [-0.2, 0) is 0 Å². The number of aromatic nitrogens is 5. The van der Waals surface area contributed by atoms with Gasteiger partial charge in [0, 0.05) is 71.1 Å². The molecule has 16 aromatic rings. The topological polar surface area (TPSA) is 72.2 Å². The molecule has 0 aliphatic carbocycles. The Bertz CT molecular complexity index is 5430. The van der Waals surface area contributed by atoms with Gasteiger partial charge >= 0.3 is 0 Å². The molecule has 0 unspecified atom stereocenters. The largest absolute Gasteiger partial charge is 0.309 e. The summed E-state index contributed by atoms with van der Waals surface area (Å²) in [4.78, 5) is 0. The van der Waals surface area contributed by atoms with Gasteiger partial charge in [-0.2, -0.15) is 10.5 Å². The number of allylic oxidation sites excluding steroid dienone is 1.